The zero-order valence-corrected chi connectivity index (χ0v) is 11.6. The summed E-state index contributed by atoms with van der Waals surface area (Å²) in [5.41, 5.74) is 7.81. The lowest BCUT2D eigenvalue weighted by molar-refractivity contribution is -0.00926. The van der Waals surface area contributed by atoms with E-state index in [1.807, 2.05) is 13.1 Å². The van der Waals surface area contributed by atoms with E-state index in [0.717, 1.165) is 38.1 Å². The summed E-state index contributed by atoms with van der Waals surface area (Å²) in [6, 6.07) is 0. The summed E-state index contributed by atoms with van der Waals surface area (Å²) in [5.74, 6) is 1.39. The third-order valence-electron chi connectivity index (χ3n) is 4.18. The van der Waals surface area contributed by atoms with Gasteiger partial charge in [-0.1, -0.05) is 6.92 Å². The van der Waals surface area contributed by atoms with Crippen molar-refractivity contribution in [2.45, 2.75) is 45.1 Å². The molecule has 2 atom stereocenters. The summed E-state index contributed by atoms with van der Waals surface area (Å²) in [4.78, 5) is 9.22. The molecular formula is C14H23N3O. The van der Waals surface area contributed by atoms with Crippen LogP contribution in [-0.2, 0) is 23.2 Å². The van der Waals surface area contributed by atoms with Crippen LogP contribution in [0.2, 0.25) is 0 Å². The predicted molar refractivity (Wildman–Crippen MR) is 71.3 cm³/mol. The number of nitrogens with two attached hydrogens (primary N) is 1. The molecular weight excluding hydrogens is 226 g/mol. The Morgan fingerprint density at radius 1 is 1.56 bits per heavy atom. The normalized spacial score (nSPS) is 22.3. The number of hydrogen-bond acceptors (Lipinski definition) is 4. The molecule has 0 aliphatic heterocycles. The molecule has 0 radical (unpaired) electrons. The number of fused-ring (bicyclic) bond motifs is 1. The largest absolute Gasteiger partial charge is 0.371 e. The third kappa shape index (κ3) is 2.40. The highest BCUT2D eigenvalue weighted by molar-refractivity contribution is 5.22. The van der Waals surface area contributed by atoms with Gasteiger partial charge in [0.2, 0.25) is 0 Å². The molecule has 0 bridgehead atoms. The molecule has 0 saturated carbocycles. The first kappa shape index (κ1) is 13.4. The fraction of sp³-hybridized carbons (Fsp3) is 0.714. The van der Waals surface area contributed by atoms with Gasteiger partial charge in [-0.3, -0.25) is 0 Å². The summed E-state index contributed by atoms with van der Waals surface area (Å²) in [6.07, 6.45) is 5.99. The van der Waals surface area contributed by atoms with Crippen molar-refractivity contribution in [2.75, 3.05) is 13.7 Å². The first-order valence-corrected chi connectivity index (χ1v) is 6.73. The molecule has 18 heavy (non-hydrogen) atoms. The number of aryl methyl sites for hydroxylation is 1. The van der Waals surface area contributed by atoms with Gasteiger partial charge in [0, 0.05) is 19.0 Å². The van der Waals surface area contributed by atoms with Gasteiger partial charge >= 0.3 is 0 Å². The van der Waals surface area contributed by atoms with Crippen LogP contribution in [0.3, 0.4) is 0 Å². The molecule has 0 fully saturated rings. The quantitative estimate of drug-likeness (QED) is 0.884. The highest BCUT2D eigenvalue weighted by atomic mass is 16.5. The maximum absolute atomic E-state index is 5.74. The van der Waals surface area contributed by atoms with E-state index in [-0.39, 0.29) is 5.60 Å². The van der Waals surface area contributed by atoms with Crippen molar-refractivity contribution in [1.29, 1.82) is 0 Å². The molecule has 4 heteroatoms. The molecule has 0 spiro atoms. The molecule has 0 aromatic carbocycles. The Labute approximate surface area is 109 Å². The maximum Gasteiger partial charge on any atom is 0.160 e. The Balaban J connectivity index is 2.28. The fourth-order valence-electron chi connectivity index (χ4n) is 2.43. The third-order valence-corrected chi connectivity index (χ3v) is 4.18. The molecule has 2 unspecified atom stereocenters. The minimum absolute atomic E-state index is 0.375. The van der Waals surface area contributed by atoms with Gasteiger partial charge in [0.1, 0.15) is 5.60 Å². The van der Waals surface area contributed by atoms with Crippen LogP contribution >= 0.6 is 0 Å². The van der Waals surface area contributed by atoms with Gasteiger partial charge in [0.05, 0.1) is 0 Å². The highest BCUT2D eigenvalue weighted by Gasteiger charge is 2.29. The number of methoxy groups -OCH3 is 1. The van der Waals surface area contributed by atoms with Crippen LogP contribution in [0.25, 0.3) is 0 Å². The Kier molecular flexibility index (Phi) is 3.97. The smallest absolute Gasteiger partial charge is 0.160 e. The summed E-state index contributed by atoms with van der Waals surface area (Å²) < 4.78 is 5.56. The van der Waals surface area contributed by atoms with Gasteiger partial charge in [0.25, 0.3) is 0 Å². The van der Waals surface area contributed by atoms with Crippen LogP contribution < -0.4 is 5.73 Å². The molecule has 0 saturated heterocycles. The first-order chi connectivity index (χ1) is 8.62. The second-order valence-electron chi connectivity index (χ2n) is 5.30. The van der Waals surface area contributed by atoms with Crippen molar-refractivity contribution in [2.24, 2.45) is 11.7 Å². The Morgan fingerprint density at radius 3 is 2.94 bits per heavy atom. The first-order valence-electron chi connectivity index (χ1n) is 6.73. The molecule has 1 aliphatic rings. The second-order valence-corrected chi connectivity index (χ2v) is 5.30. The average molecular weight is 249 g/mol. The van der Waals surface area contributed by atoms with Crippen molar-refractivity contribution in [3.63, 3.8) is 0 Å². The lowest BCUT2D eigenvalue weighted by Crippen LogP contribution is -2.29. The zero-order chi connectivity index (χ0) is 13.2. The Morgan fingerprint density at radius 2 is 2.33 bits per heavy atom. The van der Waals surface area contributed by atoms with E-state index >= 15 is 0 Å². The number of rotatable bonds is 4. The number of nitrogens with zero attached hydrogens (tertiary/aromatic N) is 2. The molecule has 1 aromatic rings. The van der Waals surface area contributed by atoms with Gasteiger partial charge in [-0.05, 0) is 50.6 Å². The van der Waals surface area contributed by atoms with E-state index in [2.05, 4.69) is 11.9 Å². The maximum atomic E-state index is 5.74. The molecule has 100 valence electrons. The van der Waals surface area contributed by atoms with Crippen LogP contribution in [0.5, 0.6) is 0 Å². The van der Waals surface area contributed by atoms with Gasteiger partial charge in [-0.25, -0.2) is 9.97 Å². The topological polar surface area (TPSA) is 61.0 Å². The van der Waals surface area contributed by atoms with Crippen LogP contribution in [0.4, 0.5) is 0 Å². The van der Waals surface area contributed by atoms with Crippen LogP contribution in [0.1, 0.15) is 43.8 Å². The predicted octanol–water partition coefficient (Wildman–Crippen LogP) is 1.81. The number of ether oxygens (including phenoxy) is 1. The van der Waals surface area contributed by atoms with Crippen LogP contribution in [0, 0.1) is 5.92 Å². The molecule has 2 rings (SSSR count). The summed E-state index contributed by atoms with van der Waals surface area (Å²) >= 11 is 0. The van der Waals surface area contributed by atoms with Crippen LogP contribution in [0.15, 0.2) is 6.20 Å². The fourth-order valence-corrected chi connectivity index (χ4v) is 2.43. The van der Waals surface area contributed by atoms with Crippen molar-refractivity contribution >= 4 is 0 Å². The van der Waals surface area contributed by atoms with E-state index in [0.29, 0.717) is 5.92 Å². The summed E-state index contributed by atoms with van der Waals surface area (Å²) in [5, 5.41) is 0. The van der Waals surface area contributed by atoms with Gasteiger partial charge in [-0.15, -0.1) is 0 Å². The summed E-state index contributed by atoms with van der Waals surface area (Å²) in [6.45, 7) is 4.89. The molecule has 0 amide bonds. The highest BCUT2D eigenvalue weighted by Crippen LogP contribution is 2.28. The standard InChI is InChI=1S/C14H23N3O/c1-4-14(2,18-3)13-16-9-11-7-10(8-15)5-6-12(11)17-13/h9-10H,4-8,15H2,1-3H3. The number of hydrogen-bond donors (Lipinski definition) is 1. The number of aromatic nitrogens is 2. The van der Waals surface area contributed by atoms with Gasteiger partial charge in [0.15, 0.2) is 5.82 Å². The van der Waals surface area contributed by atoms with Gasteiger partial charge in [-0.2, -0.15) is 0 Å². The summed E-state index contributed by atoms with van der Waals surface area (Å²) in [7, 11) is 1.72. The lowest BCUT2D eigenvalue weighted by Gasteiger charge is -2.28. The van der Waals surface area contributed by atoms with E-state index < -0.39 is 0 Å². The van der Waals surface area contributed by atoms with Crippen molar-refractivity contribution in [1.82, 2.24) is 9.97 Å². The average Bonchev–Trinajstić information content (AvgIpc) is 2.45. The van der Waals surface area contributed by atoms with Crippen molar-refractivity contribution < 1.29 is 4.74 Å². The van der Waals surface area contributed by atoms with Crippen LogP contribution in [-0.4, -0.2) is 23.6 Å². The Bertz CT molecular complexity index is 416. The Hall–Kier alpha value is -1.00. The minimum Gasteiger partial charge on any atom is -0.371 e. The monoisotopic (exact) mass is 249 g/mol. The van der Waals surface area contributed by atoms with E-state index in [9.17, 15) is 0 Å². The van der Waals surface area contributed by atoms with E-state index in [1.165, 1.54) is 11.3 Å². The molecule has 2 N–H and O–H groups in total. The molecule has 1 aromatic heterocycles. The molecule has 1 aliphatic carbocycles. The molecule has 1 heterocycles. The van der Waals surface area contributed by atoms with Crippen molar-refractivity contribution in [3.05, 3.63) is 23.3 Å². The molecule has 4 nitrogen and oxygen atoms in total. The van der Waals surface area contributed by atoms with Crippen molar-refractivity contribution in [3.8, 4) is 0 Å². The van der Waals surface area contributed by atoms with E-state index in [1.54, 1.807) is 7.11 Å². The van der Waals surface area contributed by atoms with Gasteiger partial charge < -0.3 is 10.5 Å². The lowest BCUT2D eigenvalue weighted by atomic mass is 9.87. The SMILES string of the molecule is CCC(C)(OC)c1ncc2c(n1)CCC(CN)C2. The second kappa shape index (κ2) is 5.33. The zero-order valence-electron chi connectivity index (χ0n) is 11.6. The minimum atomic E-state index is -0.375. The van der Waals surface area contributed by atoms with E-state index in [4.69, 9.17) is 15.5 Å².